The summed E-state index contributed by atoms with van der Waals surface area (Å²) < 4.78 is 24.3. The molecule has 4 heteroatoms. The lowest BCUT2D eigenvalue weighted by atomic mass is 10.2. The minimum Gasteiger partial charge on any atom is -0.465 e. The molecular formula is C18H18FNO2. The quantitative estimate of drug-likeness (QED) is 0.732. The van der Waals surface area contributed by atoms with E-state index in [4.69, 9.17) is 8.83 Å². The summed E-state index contributed by atoms with van der Waals surface area (Å²) in [6, 6.07) is 14.1. The molecule has 2 aromatic heterocycles. The number of hydrogen-bond donors (Lipinski definition) is 1. The zero-order valence-electron chi connectivity index (χ0n) is 12.6. The minimum atomic E-state index is -0.250. The van der Waals surface area contributed by atoms with Crippen LogP contribution in [0.3, 0.4) is 0 Å². The van der Waals surface area contributed by atoms with Gasteiger partial charge < -0.3 is 14.2 Å². The maximum Gasteiger partial charge on any atom is 0.134 e. The van der Waals surface area contributed by atoms with Crippen LogP contribution in [0.1, 0.15) is 30.2 Å². The van der Waals surface area contributed by atoms with Crippen LogP contribution in [0.4, 0.5) is 4.39 Å². The maximum atomic E-state index is 12.9. The molecule has 0 saturated carbocycles. The first-order valence-corrected chi connectivity index (χ1v) is 7.26. The topological polar surface area (TPSA) is 38.3 Å². The molecule has 22 heavy (non-hydrogen) atoms. The van der Waals surface area contributed by atoms with Crippen molar-refractivity contribution in [2.75, 3.05) is 0 Å². The van der Waals surface area contributed by atoms with E-state index in [1.807, 2.05) is 38.1 Å². The number of hydrogen-bond acceptors (Lipinski definition) is 3. The molecule has 0 aliphatic rings. The summed E-state index contributed by atoms with van der Waals surface area (Å²) in [6.45, 7) is 4.57. The summed E-state index contributed by atoms with van der Waals surface area (Å²) >= 11 is 0. The second-order valence-electron chi connectivity index (χ2n) is 5.32. The van der Waals surface area contributed by atoms with Gasteiger partial charge in [0.1, 0.15) is 28.9 Å². The van der Waals surface area contributed by atoms with E-state index >= 15 is 0 Å². The van der Waals surface area contributed by atoms with Crippen molar-refractivity contribution in [1.29, 1.82) is 0 Å². The Hall–Kier alpha value is -2.33. The number of furan rings is 2. The van der Waals surface area contributed by atoms with Gasteiger partial charge in [0.05, 0.1) is 12.6 Å². The molecule has 3 aromatic rings. The molecule has 1 unspecified atom stereocenters. The van der Waals surface area contributed by atoms with E-state index in [1.54, 1.807) is 12.1 Å². The van der Waals surface area contributed by atoms with Gasteiger partial charge in [0.2, 0.25) is 0 Å². The third-order valence-corrected chi connectivity index (χ3v) is 3.56. The summed E-state index contributed by atoms with van der Waals surface area (Å²) in [5.41, 5.74) is 0.863. The molecule has 0 aliphatic heterocycles. The predicted octanol–water partition coefficient (Wildman–Crippen LogP) is 4.84. The maximum absolute atomic E-state index is 12.9. The van der Waals surface area contributed by atoms with Gasteiger partial charge in [-0.15, -0.1) is 0 Å². The van der Waals surface area contributed by atoms with Gasteiger partial charge in [-0.25, -0.2) is 4.39 Å². The van der Waals surface area contributed by atoms with Crippen molar-refractivity contribution in [3.63, 3.8) is 0 Å². The van der Waals surface area contributed by atoms with Gasteiger partial charge in [0.25, 0.3) is 0 Å². The standard InChI is InChI=1S/C18H18FNO2/c1-12-3-9-17(21-12)13(2)20-11-16-8-10-18(22-16)14-4-6-15(19)7-5-14/h3-10,13,20H,11H2,1-2H3. The normalized spacial score (nSPS) is 12.5. The molecule has 1 atom stereocenters. The van der Waals surface area contributed by atoms with Crippen LogP contribution in [-0.2, 0) is 6.54 Å². The molecule has 1 aromatic carbocycles. The molecular weight excluding hydrogens is 281 g/mol. The lowest BCUT2D eigenvalue weighted by Gasteiger charge is -2.09. The van der Waals surface area contributed by atoms with Gasteiger partial charge in [0.15, 0.2) is 0 Å². The smallest absolute Gasteiger partial charge is 0.134 e. The summed E-state index contributed by atoms with van der Waals surface area (Å²) in [5, 5.41) is 3.35. The molecule has 1 N–H and O–H groups in total. The Morgan fingerprint density at radius 1 is 1.00 bits per heavy atom. The Balaban J connectivity index is 1.63. The highest BCUT2D eigenvalue weighted by Gasteiger charge is 2.10. The van der Waals surface area contributed by atoms with Crippen LogP contribution in [0.15, 0.2) is 57.4 Å². The van der Waals surface area contributed by atoms with E-state index in [-0.39, 0.29) is 11.9 Å². The fraction of sp³-hybridized carbons (Fsp3) is 0.222. The van der Waals surface area contributed by atoms with Crippen LogP contribution in [0, 0.1) is 12.7 Å². The van der Waals surface area contributed by atoms with Crippen molar-refractivity contribution in [2.24, 2.45) is 0 Å². The Bertz CT molecular complexity index is 743. The molecule has 0 radical (unpaired) electrons. The Morgan fingerprint density at radius 3 is 2.45 bits per heavy atom. The summed E-state index contributed by atoms with van der Waals surface area (Å²) in [4.78, 5) is 0. The van der Waals surface area contributed by atoms with Crippen molar-refractivity contribution in [1.82, 2.24) is 5.32 Å². The first-order valence-electron chi connectivity index (χ1n) is 7.26. The molecule has 0 spiro atoms. The lowest BCUT2D eigenvalue weighted by Crippen LogP contribution is -2.17. The lowest BCUT2D eigenvalue weighted by molar-refractivity contribution is 0.399. The largest absolute Gasteiger partial charge is 0.465 e. The van der Waals surface area contributed by atoms with Gasteiger partial charge in [-0.3, -0.25) is 0 Å². The van der Waals surface area contributed by atoms with Gasteiger partial charge in [-0.1, -0.05) is 0 Å². The molecule has 0 aliphatic carbocycles. The molecule has 2 heterocycles. The van der Waals surface area contributed by atoms with Crippen molar-refractivity contribution < 1.29 is 13.2 Å². The zero-order valence-corrected chi connectivity index (χ0v) is 12.6. The molecule has 3 rings (SSSR count). The second kappa shape index (κ2) is 6.20. The van der Waals surface area contributed by atoms with Gasteiger partial charge in [0, 0.05) is 5.56 Å². The molecule has 0 amide bonds. The SMILES string of the molecule is Cc1ccc(C(C)NCc2ccc(-c3ccc(F)cc3)o2)o1. The minimum absolute atomic E-state index is 0.105. The van der Waals surface area contributed by atoms with Crippen molar-refractivity contribution in [3.05, 3.63) is 71.6 Å². The van der Waals surface area contributed by atoms with Crippen LogP contribution >= 0.6 is 0 Å². The van der Waals surface area contributed by atoms with Gasteiger partial charge in [-0.2, -0.15) is 0 Å². The molecule has 114 valence electrons. The molecule has 3 nitrogen and oxygen atoms in total. The highest BCUT2D eigenvalue weighted by Crippen LogP contribution is 2.23. The molecule has 0 fully saturated rings. The van der Waals surface area contributed by atoms with Crippen molar-refractivity contribution >= 4 is 0 Å². The average molecular weight is 299 g/mol. The van der Waals surface area contributed by atoms with E-state index in [2.05, 4.69) is 5.32 Å². The third-order valence-electron chi connectivity index (χ3n) is 3.56. The first kappa shape index (κ1) is 14.6. The Labute approximate surface area is 128 Å². The van der Waals surface area contributed by atoms with Gasteiger partial charge >= 0.3 is 0 Å². The van der Waals surface area contributed by atoms with Crippen LogP contribution in [0.5, 0.6) is 0 Å². The summed E-state index contributed by atoms with van der Waals surface area (Å²) in [7, 11) is 0. The van der Waals surface area contributed by atoms with E-state index < -0.39 is 0 Å². The van der Waals surface area contributed by atoms with Crippen LogP contribution in [0.2, 0.25) is 0 Å². The van der Waals surface area contributed by atoms with Crippen LogP contribution in [0.25, 0.3) is 11.3 Å². The van der Waals surface area contributed by atoms with Gasteiger partial charge in [-0.05, 0) is 62.4 Å². The van der Waals surface area contributed by atoms with E-state index in [0.717, 1.165) is 28.6 Å². The zero-order chi connectivity index (χ0) is 15.5. The van der Waals surface area contributed by atoms with E-state index in [1.165, 1.54) is 12.1 Å². The number of aryl methyl sites for hydroxylation is 1. The van der Waals surface area contributed by atoms with Crippen molar-refractivity contribution in [3.8, 4) is 11.3 Å². The Kier molecular flexibility index (Phi) is 4.11. The summed E-state index contributed by atoms with van der Waals surface area (Å²) in [6.07, 6.45) is 0. The molecule has 0 saturated heterocycles. The first-order chi connectivity index (χ1) is 10.6. The number of rotatable bonds is 5. The summed E-state index contributed by atoms with van der Waals surface area (Å²) in [5.74, 6) is 3.12. The highest BCUT2D eigenvalue weighted by molar-refractivity contribution is 5.57. The predicted molar refractivity (Wildman–Crippen MR) is 82.8 cm³/mol. The van der Waals surface area contributed by atoms with E-state index in [9.17, 15) is 4.39 Å². The Morgan fingerprint density at radius 2 is 1.77 bits per heavy atom. The fourth-order valence-electron chi connectivity index (χ4n) is 2.28. The van der Waals surface area contributed by atoms with Crippen molar-refractivity contribution in [2.45, 2.75) is 26.4 Å². The fourth-order valence-corrected chi connectivity index (χ4v) is 2.28. The van der Waals surface area contributed by atoms with Crippen LogP contribution < -0.4 is 5.32 Å². The third kappa shape index (κ3) is 3.28. The average Bonchev–Trinajstić information content (AvgIpc) is 3.15. The number of halogens is 1. The monoisotopic (exact) mass is 299 g/mol. The highest BCUT2D eigenvalue weighted by atomic mass is 19.1. The second-order valence-corrected chi connectivity index (χ2v) is 5.32. The number of nitrogens with one attached hydrogen (secondary N) is 1. The molecule has 0 bridgehead atoms. The van der Waals surface area contributed by atoms with Crippen LogP contribution in [-0.4, -0.2) is 0 Å². The van der Waals surface area contributed by atoms with E-state index in [0.29, 0.717) is 6.54 Å². The number of benzene rings is 1.